The van der Waals surface area contributed by atoms with Gasteiger partial charge in [-0.25, -0.2) is 4.79 Å². The Bertz CT molecular complexity index is 952. The Hall–Kier alpha value is -3.81. The normalized spacial score (nSPS) is 10.2. The lowest BCUT2D eigenvalue weighted by Crippen LogP contribution is -2.43. The number of fused-ring (bicyclic) bond motifs is 1. The van der Waals surface area contributed by atoms with Crippen molar-refractivity contribution in [2.75, 3.05) is 13.2 Å². The van der Waals surface area contributed by atoms with Crippen LogP contribution in [0.3, 0.4) is 0 Å². The number of esters is 1. The Morgan fingerprint density at radius 3 is 2.48 bits per heavy atom. The van der Waals surface area contributed by atoms with E-state index in [1.165, 1.54) is 18.4 Å². The quantitative estimate of drug-likeness (QED) is 0.508. The number of rotatable bonds is 6. The molecule has 3 rings (SSSR count). The van der Waals surface area contributed by atoms with Crippen LogP contribution in [-0.4, -0.2) is 31.0 Å². The van der Waals surface area contributed by atoms with Gasteiger partial charge in [-0.1, -0.05) is 30.3 Å². The van der Waals surface area contributed by atoms with Crippen molar-refractivity contribution in [2.24, 2.45) is 0 Å². The summed E-state index contributed by atoms with van der Waals surface area (Å²) in [5.41, 5.74) is 4.23. The van der Waals surface area contributed by atoms with Gasteiger partial charge in [0.25, 0.3) is 5.91 Å². The van der Waals surface area contributed by atoms with Crippen molar-refractivity contribution in [3.8, 4) is 5.75 Å². The lowest BCUT2D eigenvalue weighted by molar-refractivity contribution is -0.150. The van der Waals surface area contributed by atoms with E-state index >= 15 is 0 Å². The summed E-state index contributed by atoms with van der Waals surface area (Å²) in [5.74, 6) is -1.49. The standard InChI is InChI=1S/C19H16N2O6/c22-17(20-21-19(24)16-6-3-9-25-16)11-27-18(23)12-26-15-8-7-13-4-1-2-5-14(13)10-15/h1-10H,11-12H2,(H,20,22)(H,21,24). The first-order valence-electron chi connectivity index (χ1n) is 8.02. The number of benzene rings is 2. The van der Waals surface area contributed by atoms with Crippen LogP contribution < -0.4 is 15.6 Å². The minimum absolute atomic E-state index is 0.0380. The van der Waals surface area contributed by atoms with Crippen LogP contribution in [0.25, 0.3) is 10.8 Å². The molecule has 8 heteroatoms. The maximum Gasteiger partial charge on any atom is 0.344 e. The van der Waals surface area contributed by atoms with Gasteiger partial charge >= 0.3 is 11.9 Å². The van der Waals surface area contributed by atoms with Crippen LogP contribution in [0.5, 0.6) is 5.75 Å². The van der Waals surface area contributed by atoms with Crippen LogP contribution in [0.15, 0.2) is 65.3 Å². The Kier molecular flexibility index (Phi) is 5.68. The van der Waals surface area contributed by atoms with Gasteiger partial charge in [-0.2, -0.15) is 0 Å². The topological polar surface area (TPSA) is 107 Å². The third-order valence-electron chi connectivity index (χ3n) is 3.50. The highest BCUT2D eigenvalue weighted by Gasteiger charge is 2.12. The SMILES string of the molecule is O=C(COC(=O)COc1ccc2ccccc2c1)NNC(=O)c1ccco1. The van der Waals surface area contributed by atoms with E-state index in [1.807, 2.05) is 30.3 Å². The summed E-state index contributed by atoms with van der Waals surface area (Å²) in [6.07, 6.45) is 1.33. The lowest BCUT2D eigenvalue weighted by atomic mass is 10.1. The van der Waals surface area contributed by atoms with Crippen molar-refractivity contribution in [1.82, 2.24) is 10.9 Å². The summed E-state index contributed by atoms with van der Waals surface area (Å²) in [4.78, 5) is 34.8. The Balaban J connectivity index is 1.38. The predicted octanol–water partition coefficient (Wildman–Crippen LogP) is 1.82. The van der Waals surface area contributed by atoms with Gasteiger partial charge in [-0.05, 0) is 35.0 Å². The zero-order valence-corrected chi connectivity index (χ0v) is 14.1. The lowest BCUT2D eigenvalue weighted by Gasteiger charge is -2.09. The number of nitrogens with one attached hydrogen (secondary N) is 2. The van der Waals surface area contributed by atoms with Gasteiger partial charge < -0.3 is 13.9 Å². The fourth-order valence-corrected chi connectivity index (χ4v) is 2.22. The number of hydrazine groups is 1. The molecule has 0 unspecified atom stereocenters. The van der Waals surface area contributed by atoms with Gasteiger partial charge in [0, 0.05) is 0 Å². The summed E-state index contributed by atoms with van der Waals surface area (Å²) in [7, 11) is 0. The highest BCUT2D eigenvalue weighted by molar-refractivity contribution is 5.93. The number of ether oxygens (including phenoxy) is 2. The van der Waals surface area contributed by atoms with E-state index < -0.39 is 24.4 Å². The number of carbonyl (C=O) groups is 3. The first-order valence-corrected chi connectivity index (χ1v) is 8.02. The molecule has 0 bridgehead atoms. The summed E-state index contributed by atoms with van der Waals surface area (Å²) in [5, 5.41) is 2.04. The average molecular weight is 368 g/mol. The van der Waals surface area contributed by atoms with Crippen LogP contribution in [0, 0.1) is 0 Å². The van der Waals surface area contributed by atoms with Crippen LogP contribution in [-0.2, 0) is 14.3 Å². The number of furan rings is 1. The molecule has 0 saturated carbocycles. The maximum absolute atomic E-state index is 11.7. The molecule has 138 valence electrons. The number of hydrogen-bond donors (Lipinski definition) is 2. The summed E-state index contributed by atoms with van der Waals surface area (Å²) in [6.45, 7) is -0.900. The third kappa shape index (κ3) is 5.08. The zero-order valence-electron chi connectivity index (χ0n) is 14.1. The first kappa shape index (κ1) is 18.0. The monoisotopic (exact) mass is 368 g/mol. The van der Waals surface area contributed by atoms with Gasteiger partial charge in [0.15, 0.2) is 19.0 Å². The second kappa shape index (κ2) is 8.52. The minimum Gasteiger partial charge on any atom is -0.482 e. The average Bonchev–Trinajstić information content (AvgIpc) is 3.23. The Labute approximate surface area is 154 Å². The van der Waals surface area contributed by atoms with E-state index in [2.05, 4.69) is 10.9 Å². The van der Waals surface area contributed by atoms with Gasteiger partial charge in [0.1, 0.15) is 5.75 Å². The Morgan fingerprint density at radius 2 is 1.70 bits per heavy atom. The third-order valence-corrected chi connectivity index (χ3v) is 3.50. The number of hydrogen-bond acceptors (Lipinski definition) is 6. The van der Waals surface area contributed by atoms with E-state index in [-0.39, 0.29) is 12.4 Å². The van der Waals surface area contributed by atoms with Crippen molar-refractivity contribution < 1.29 is 28.3 Å². The molecule has 3 aromatic rings. The highest BCUT2D eigenvalue weighted by atomic mass is 16.6. The molecule has 0 spiro atoms. The van der Waals surface area contributed by atoms with Crippen molar-refractivity contribution >= 4 is 28.6 Å². The first-order chi connectivity index (χ1) is 13.1. The molecule has 8 nitrogen and oxygen atoms in total. The van der Waals surface area contributed by atoms with Crippen LogP contribution in [0.4, 0.5) is 0 Å². The molecule has 0 atom stereocenters. The molecule has 0 fully saturated rings. The van der Waals surface area contributed by atoms with Crippen molar-refractivity contribution in [3.05, 3.63) is 66.6 Å². The molecule has 1 aromatic heterocycles. The van der Waals surface area contributed by atoms with Crippen LogP contribution in [0.1, 0.15) is 10.6 Å². The van der Waals surface area contributed by atoms with Crippen molar-refractivity contribution in [1.29, 1.82) is 0 Å². The van der Waals surface area contributed by atoms with E-state index in [0.717, 1.165) is 10.8 Å². The van der Waals surface area contributed by atoms with E-state index in [4.69, 9.17) is 13.9 Å². The van der Waals surface area contributed by atoms with E-state index in [0.29, 0.717) is 5.75 Å². The molecule has 0 aliphatic heterocycles. The Morgan fingerprint density at radius 1 is 0.889 bits per heavy atom. The zero-order chi connectivity index (χ0) is 19.1. The molecule has 0 aliphatic rings. The van der Waals surface area contributed by atoms with Crippen LogP contribution in [0.2, 0.25) is 0 Å². The van der Waals surface area contributed by atoms with Crippen molar-refractivity contribution in [3.63, 3.8) is 0 Å². The van der Waals surface area contributed by atoms with Crippen molar-refractivity contribution in [2.45, 2.75) is 0 Å². The van der Waals surface area contributed by atoms with Gasteiger partial charge in [-0.3, -0.25) is 20.4 Å². The fourth-order valence-electron chi connectivity index (χ4n) is 2.22. The van der Waals surface area contributed by atoms with E-state index in [1.54, 1.807) is 12.1 Å². The summed E-state index contributed by atoms with van der Waals surface area (Å²) >= 11 is 0. The largest absolute Gasteiger partial charge is 0.482 e. The fraction of sp³-hybridized carbons (Fsp3) is 0.105. The molecule has 2 N–H and O–H groups in total. The molecule has 0 aliphatic carbocycles. The van der Waals surface area contributed by atoms with Crippen LogP contribution >= 0.6 is 0 Å². The maximum atomic E-state index is 11.7. The molecule has 1 heterocycles. The molecule has 0 radical (unpaired) electrons. The molecule has 2 aromatic carbocycles. The van der Waals surface area contributed by atoms with Gasteiger partial charge in [0.05, 0.1) is 6.26 Å². The molecule has 2 amide bonds. The smallest absolute Gasteiger partial charge is 0.344 e. The van der Waals surface area contributed by atoms with Gasteiger partial charge in [-0.15, -0.1) is 0 Å². The molecular weight excluding hydrogens is 352 g/mol. The van der Waals surface area contributed by atoms with Gasteiger partial charge in [0.2, 0.25) is 0 Å². The second-order valence-corrected chi connectivity index (χ2v) is 5.44. The molecule has 0 saturated heterocycles. The second-order valence-electron chi connectivity index (χ2n) is 5.44. The summed E-state index contributed by atoms with van der Waals surface area (Å²) < 4.78 is 15.0. The van der Waals surface area contributed by atoms with E-state index in [9.17, 15) is 14.4 Å². The highest BCUT2D eigenvalue weighted by Crippen LogP contribution is 2.20. The number of amides is 2. The molecule has 27 heavy (non-hydrogen) atoms. The molecular formula is C19H16N2O6. The minimum atomic E-state index is -0.712. The number of carbonyl (C=O) groups excluding carboxylic acids is 3. The predicted molar refractivity (Wildman–Crippen MR) is 94.7 cm³/mol. The summed E-state index contributed by atoms with van der Waals surface area (Å²) in [6, 6.07) is 16.1.